The Kier molecular flexibility index (Phi) is 6.69. The molecule has 34 heavy (non-hydrogen) atoms. The van der Waals surface area contributed by atoms with Crippen LogP contribution in [-0.2, 0) is 6.42 Å². The molecule has 0 bridgehead atoms. The molecule has 6 nitrogen and oxygen atoms in total. The van der Waals surface area contributed by atoms with Crippen molar-refractivity contribution in [1.82, 2.24) is 9.97 Å². The number of thiophene rings is 1. The zero-order valence-corrected chi connectivity index (χ0v) is 19.0. The molecule has 0 unspecified atom stereocenters. The molecule has 0 aliphatic rings. The van der Waals surface area contributed by atoms with Gasteiger partial charge in [-0.1, -0.05) is 6.07 Å². The molecular formula is C24H20F3N3O3S. The largest absolute Gasteiger partial charge is 0.478 e. The number of aromatic nitrogens is 2. The molecule has 0 amide bonds. The van der Waals surface area contributed by atoms with Gasteiger partial charge < -0.3 is 15.2 Å². The van der Waals surface area contributed by atoms with Crippen molar-refractivity contribution in [3.05, 3.63) is 70.1 Å². The van der Waals surface area contributed by atoms with E-state index in [2.05, 4.69) is 20.0 Å². The van der Waals surface area contributed by atoms with Crippen molar-refractivity contribution in [3.63, 3.8) is 0 Å². The number of fused-ring (bicyclic) bond motifs is 1. The van der Waals surface area contributed by atoms with Gasteiger partial charge in [0.1, 0.15) is 29.3 Å². The second kappa shape index (κ2) is 9.68. The molecule has 0 atom stereocenters. The van der Waals surface area contributed by atoms with Gasteiger partial charge in [0.05, 0.1) is 5.69 Å². The molecule has 0 aliphatic carbocycles. The van der Waals surface area contributed by atoms with Gasteiger partial charge in [0, 0.05) is 27.8 Å². The minimum Gasteiger partial charge on any atom is -0.478 e. The van der Waals surface area contributed by atoms with E-state index in [0.717, 1.165) is 26.1 Å². The van der Waals surface area contributed by atoms with Gasteiger partial charge in [-0.15, -0.1) is 11.3 Å². The van der Waals surface area contributed by atoms with E-state index in [9.17, 15) is 23.1 Å². The zero-order chi connectivity index (χ0) is 24.4. The number of ether oxygens (including phenoxy) is 1. The first-order chi connectivity index (χ1) is 16.2. The maximum absolute atomic E-state index is 13.9. The summed E-state index contributed by atoms with van der Waals surface area (Å²) in [6.07, 6.45) is 1.97. The summed E-state index contributed by atoms with van der Waals surface area (Å²) in [5.74, 6) is -1.58. The number of rotatable bonds is 8. The second-order valence-electron chi connectivity index (χ2n) is 7.60. The van der Waals surface area contributed by atoms with Crippen LogP contribution >= 0.6 is 11.3 Å². The van der Waals surface area contributed by atoms with Crippen molar-refractivity contribution in [2.75, 3.05) is 11.9 Å². The van der Waals surface area contributed by atoms with Crippen LogP contribution in [0.2, 0.25) is 0 Å². The normalized spacial score (nSPS) is 11.2. The average molecular weight is 488 g/mol. The molecule has 2 aromatic carbocycles. The van der Waals surface area contributed by atoms with Crippen LogP contribution in [0.25, 0.3) is 21.3 Å². The average Bonchev–Trinajstić information content (AvgIpc) is 3.09. The highest BCUT2D eigenvalue weighted by molar-refractivity contribution is 7.19. The number of aromatic carboxylic acids is 1. The lowest BCUT2D eigenvalue weighted by atomic mass is 10.1. The summed E-state index contributed by atoms with van der Waals surface area (Å²) in [4.78, 5) is 20.8. The highest BCUT2D eigenvalue weighted by atomic mass is 32.1. The van der Waals surface area contributed by atoms with Crippen molar-refractivity contribution in [1.29, 1.82) is 0 Å². The van der Waals surface area contributed by atoms with Crippen molar-refractivity contribution in [3.8, 4) is 17.0 Å². The highest BCUT2D eigenvalue weighted by Crippen LogP contribution is 2.34. The molecule has 10 heteroatoms. The quantitative estimate of drug-likeness (QED) is 0.314. The zero-order valence-electron chi connectivity index (χ0n) is 18.2. The molecule has 4 aromatic rings. The number of carboxylic acids is 1. The van der Waals surface area contributed by atoms with Crippen LogP contribution in [0.15, 0.2) is 42.7 Å². The van der Waals surface area contributed by atoms with Crippen LogP contribution < -0.4 is 10.1 Å². The standard InChI is InChI=1S/C24H20F3N3O3S/c1-12-7-15(25)9-18-16(13(2)34-22(12)18)5-6-28-21-10-19(29-11-30-21)14-3-4-17(23(31)32)20(8-14)33-24(26)27/h3-4,7-11,24H,5-6H2,1-2H3,(H,31,32)(H,28,29,30). The summed E-state index contributed by atoms with van der Waals surface area (Å²) < 4.78 is 44.8. The highest BCUT2D eigenvalue weighted by Gasteiger charge is 2.17. The van der Waals surface area contributed by atoms with Crippen molar-refractivity contribution >= 4 is 33.2 Å². The fourth-order valence-corrected chi connectivity index (χ4v) is 4.94. The van der Waals surface area contributed by atoms with E-state index in [-0.39, 0.29) is 11.4 Å². The van der Waals surface area contributed by atoms with E-state index >= 15 is 0 Å². The Bertz CT molecular complexity index is 1370. The molecule has 2 N–H and O–H groups in total. The number of anilines is 1. The monoisotopic (exact) mass is 487 g/mol. The van der Waals surface area contributed by atoms with Crippen LogP contribution in [0, 0.1) is 19.7 Å². The number of nitrogens with zero attached hydrogens (tertiary/aromatic N) is 2. The molecule has 2 heterocycles. The number of hydrogen-bond donors (Lipinski definition) is 2. The Balaban J connectivity index is 1.53. The number of benzene rings is 2. The maximum Gasteiger partial charge on any atom is 0.387 e. The maximum atomic E-state index is 13.9. The summed E-state index contributed by atoms with van der Waals surface area (Å²) in [6.45, 7) is 1.27. The van der Waals surface area contributed by atoms with E-state index in [0.29, 0.717) is 30.0 Å². The van der Waals surface area contributed by atoms with Crippen molar-refractivity contribution in [2.24, 2.45) is 0 Å². The third kappa shape index (κ3) is 4.96. The Morgan fingerprint density at radius 3 is 2.71 bits per heavy atom. The minimum absolute atomic E-state index is 0.262. The molecule has 0 saturated heterocycles. The molecule has 0 aliphatic heterocycles. The number of nitrogens with one attached hydrogen (secondary N) is 1. The van der Waals surface area contributed by atoms with Gasteiger partial charge in [0.15, 0.2) is 0 Å². The van der Waals surface area contributed by atoms with E-state index in [1.807, 2.05) is 13.8 Å². The predicted octanol–water partition coefficient (Wildman–Crippen LogP) is 6.07. The number of hydrogen-bond acceptors (Lipinski definition) is 6. The van der Waals surface area contributed by atoms with Gasteiger partial charge in [-0.05, 0) is 61.0 Å². The number of aryl methyl sites for hydroxylation is 2. The summed E-state index contributed by atoms with van der Waals surface area (Å²) in [7, 11) is 0. The summed E-state index contributed by atoms with van der Waals surface area (Å²) >= 11 is 1.64. The third-order valence-electron chi connectivity index (χ3n) is 5.32. The Morgan fingerprint density at radius 2 is 1.97 bits per heavy atom. The number of carboxylic acid groups (broad SMARTS) is 1. The van der Waals surface area contributed by atoms with Crippen molar-refractivity contribution < 1.29 is 27.8 Å². The summed E-state index contributed by atoms with van der Waals surface area (Å²) in [5.41, 5.74) is 2.41. The topological polar surface area (TPSA) is 84.3 Å². The first-order valence-electron chi connectivity index (χ1n) is 10.3. The lowest BCUT2D eigenvalue weighted by molar-refractivity contribution is -0.0503. The molecule has 0 spiro atoms. The first kappa shape index (κ1) is 23.5. The van der Waals surface area contributed by atoms with Gasteiger partial charge in [-0.2, -0.15) is 8.78 Å². The number of halogens is 3. The first-order valence-corrected chi connectivity index (χ1v) is 11.1. The Hall–Kier alpha value is -3.66. The summed E-state index contributed by atoms with van der Waals surface area (Å²) in [6, 6.07) is 8.58. The fraction of sp³-hybridized carbons (Fsp3) is 0.208. The molecular weight excluding hydrogens is 467 g/mol. The molecule has 2 aromatic heterocycles. The van der Waals surface area contributed by atoms with E-state index in [1.165, 1.54) is 30.6 Å². The molecule has 0 saturated carbocycles. The van der Waals surface area contributed by atoms with E-state index < -0.39 is 18.3 Å². The van der Waals surface area contributed by atoms with Gasteiger partial charge in [0.25, 0.3) is 0 Å². The number of alkyl halides is 2. The van der Waals surface area contributed by atoms with Crippen LogP contribution in [0.3, 0.4) is 0 Å². The van der Waals surface area contributed by atoms with Crippen LogP contribution in [0.5, 0.6) is 5.75 Å². The van der Waals surface area contributed by atoms with Crippen LogP contribution in [0.4, 0.5) is 19.0 Å². The van der Waals surface area contributed by atoms with Gasteiger partial charge in [-0.25, -0.2) is 19.2 Å². The Labute approximate surface area is 197 Å². The lowest BCUT2D eigenvalue weighted by Gasteiger charge is -2.11. The van der Waals surface area contributed by atoms with Gasteiger partial charge in [-0.3, -0.25) is 0 Å². The van der Waals surface area contributed by atoms with Gasteiger partial charge in [0.2, 0.25) is 0 Å². The fourth-order valence-electron chi connectivity index (χ4n) is 3.78. The molecule has 0 fully saturated rings. The Morgan fingerprint density at radius 1 is 1.18 bits per heavy atom. The lowest BCUT2D eigenvalue weighted by Crippen LogP contribution is -2.08. The number of carbonyl (C=O) groups is 1. The predicted molar refractivity (Wildman–Crippen MR) is 125 cm³/mol. The van der Waals surface area contributed by atoms with Gasteiger partial charge >= 0.3 is 12.6 Å². The third-order valence-corrected chi connectivity index (χ3v) is 6.62. The van der Waals surface area contributed by atoms with Crippen molar-refractivity contribution in [2.45, 2.75) is 26.9 Å². The molecule has 0 radical (unpaired) electrons. The van der Waals surface area contributed by atoms with E-state index in [4.69, 9.17) is 0 Å². The summed E-state index contributed by atoms with van der Waals surface area (Å²) in [5, 5.41) is 13.3. The van der Waals surface area contributed by atoms with E-state index in [1.54, 1.807) is 23.5 Å². The SMILES string of the molecule is Cc1sc2c(C)cc(F)cc2c1CCNc1cc(-c2ccc(C(=O)O)c(OC(F)F)c2)ncn1. The van der Waals surface area contributed by atoms with Crippen LogP contribution in [-0.4, -0.2) is 34.2 Å². The van der Waals surface area contributed by atoms with Crippen LogP contribution in [0.1, 0.15) is 26.4 Å². The second-order valence-corrected chi connectivity index (χ2v) is 8.82. The molecule has 176 valence electrons. The molecule has 4 rings (SSSR count). The smallest absolute Gasteiger partial charge is 0.387 e. The minimum atomic E-state index is -3.16.